The molecule has 3 N–H and O–H groups in total. The molecule has 3 aromatic rings. The Balaban J connectivity index is 1.36. The summed E-state index contributed by atoms with van der Waals surface area (Å²) in [6, 6.07) is 17.9. The molecule has 3 aromatic carbocycles. The van der Waals surface area contributed by atoms with Gasteiger partial charge in [-0.1, -0.05) is 23.2 Å². The number of rotatable bonds is 10. The Kier molecular flexibility index (Phi) is 9.88. The zero-order valence-corrected chi connectivity index (χ0v) is 21.2. The summed E-state index contributed by atoms with van der Waals surface area (Å²) in [5.41, 5.74) is 1.57. The molecule has 0 unspecified atom stereocenters. The van der Waals surface area contributed by atoms with E-state index in [4.69, 9.17) is 32.7 Å². The maximum Gasteiger partial charge on any atom is 0.306 e. The summed E-state index contributed by atoms with van der Waals surface area (Å²) in [5, 5.41) is 8.71. The van der Waals surface area contributed by atoms with E-state index >= 15 is 0 Å². The van der Waals surface area contributed by atoms with Crippen molar-refractivity contribution in [2.45, 2.75) is 19.8 Å². The molecule has 0 saturated heterocycles. The third-order valence-corrected chi connectivity index (χ3v) is 5.20. The molecular weight excluding hydrogens is 521 g/mol. The van der Waals surface area contributed by atoms with Crippen molar-refractivity contribution >= 4 is 64.0 Å². The van der Waals surface area contributed by atoms with Crippen molar-refractivity contribution < 1.29 is 28.7 Å². The smallest absolute Gasteiger partial charge is 0.306 e. The summed E-state index contributed by atoms with van der Waals surface area (Å²) < 4.78 is 10.6. The number of halogens is 2. The third kappa shape index (κ3) is 9.47. The van der Waals surface area contributed by atoms with Crippen LogP contribution in [-0.4, -0.2) is 30.3 Å². The van der Waals surface area contributed by atoms with E-state index in [0.717, 1.165) is 0 Å². The van der Waals surface area contributed by atoms with E-state index in [9.17, 15) is 19.2 Å². The van der Waals surface area contributed by atoms with Crippen LogP contribution >= 0.6 is 23.2 Å². The van der Waals surface area contributed by atoms with Gasteiger partial charge in [0.25, 0.3) is 5.91 Å². The average molecular weight is 544 g/mol. The van der Waals surface area contributed by atoms with Crippen molar-refractivity contribution in [2.75, 3.05) is 22.6 Å². The van der Waals surface area contributed by atoms with Crippen molar-refractivity contribution in [1.29, 1.82) is 0 Å². The molecule has 3 rings (SSSR count). The first-order valence-electron chi connectivity index (χ1n) is 11.0. The second kappa shape index (κ2) is 13.3. The van der Waals surface area contributed by atoms with E-state index in [0.29, 0.717) is 38.6 Å². The van der Waals surface area contributed by atoms with Crippen molar-refractivity contribution in [1.82, 2.24) is 0 Å². The van der Waals surface area contributed by atoms with E-state index in [1.165, 1.54) is 6.92 Å². The first-order valence-corrected chi connectivity index (χ1v) is 11.8. The number of esters is 1. The number of nitrogens with one attached hydrogen (secondary N) is 3. The second-order valence-electron chi connectivity index (χ2n) is 7.72. The lowest BCUT2D eigenvalue weighted by atomic mass is 10.2. The minimum atomic E-state index is -0.685. The largest absolute Gasteiger partial charge is 0.456 e. The van der Waals surface area contributed by atoms with Gasteiger partial charge in [-0.05, 0) is 66.7 Å². The second-order valence-corrected chi connectivity index (χ2v) is 8.56. The van der Waals surface area contributed by atoms with Crippen LogP contribution in [0.25, 0.3) is 0 Å². The molecule has 0 aliphatic heterocycles. The molecule has 0 radical (unpaired) electrons. The van der Waals surface area contributed by atoms with Crippen LogP contribution in [0.3, 0.4) is 0 Å². The average Bonchev–Trinajstić information content (AvgIpc) is 2.85. The van der Waals surface area contributed by atoms with Crippen molar-refractivity contribution in [3.05, 3.63) is 76.8 Å². The summed E-state index contributed by atoms with van der Waals surface area (Å²) in [6.07, 6.45) is -0.315. The Hall–Kier alpha value is -4.08. The van der Waals surface area contributed by atoms with Gasteiger partial charge in [0.1, 0.15) is 11.5 Å². The van der Waals surface area contributed by atoms with Gasteiger partial charge in [0, 0.05) is 35.4 Å². The van der Waals surface area contributed by atoms with Gasteiger partial charge < -0.3 is 25.4 Å². The fraction of sp³-hybridized carbons (Fsp3) is 0.154. The molecule has 0 saturated carbocycles. The van der Waals surface area contributed by atoms with Crippen LogP contribution in [0, 0.1) is 0 Å². The number of ether oxygens (including phenoxy) is 2. The molecule has 0 aromatic heterocycles. The topological polar surface area (TPSA) is 123 Å². The van der Waals surface area contributed by atoms with Gasteiger partial charge in [-0.15, -0.1) is 0 Å². The predicted octanol–water partition coefficient (Wildman–Crippen LogP) is 5.64. The molecular formula is C26H23Cl2N3O6. The summed E-state index contributed by atoms with van der Waals surface area (Å²) in [7, 11) is 0. The minimum absolute atomic E-state index is 0.121. The Labute approximate surface area is 223 Å². The number of carbonyl (C=O) groups is 4. The summed E-state index contributed by atoms with van der Waals surface area (Å²) >= 11 is 12.0. The monoisotopic (exact) mass is 543 g/mol. The highest BCUT2D eigenvalue weighted by molar-refractivity contribution is 6.35. The number of benzene rings is 3. The molecule has 0 bridgehead atoms. The molecule has 9 nitrogen and oxygen atoms in total. The quantitative estimate of drug-likeness (QED) is 0.284. The predicted molar refractivity (Wildman–Crippen MR) is 141 cm³/mol. The SMILES string of the molecule is CC(=O)Nc1ccc(NC(=O)COC(=O)CCC(=O)Nc2ccc(Oc3ccc(Cl)cc3Cl)cc2)cc1. The van der Waals surface area contributed by atoms with Crippen molar-refractivity contribution in [3.8, 4) is 11.5 Å². The number of hydrogen-bond donors (Lipinski definition) is 3. The Morgan fingerprint density at radius 1 is 0.730 bits per heavy atom. The van der Waals surface area contributed by atoms with Crippen LogP contribution < -0.4 is 20.7 Å². The van der Waals surface area contributed by atoms with Gasteiger partial charge in [-0.25, -0.2) is 0 Å². The van der Waals surface area contributed by atoms with Crippen LogP contribution in [0.5, 0.6) is 11.5 Å². The molecule has 11 heteroatoms. The molecule has 37 heavy (non-hydrogen) atoms. The third-order valence-electron chi connectivity index (χ3n) is 4.67. The molecule has 0 spiro atoms. The van der Waals surface area contributed by atoms with Gasteiger partial charge in [-0.2, -0.15) is 0 Å². The van der Waals surface area contributed by atoms with Gasteiger partial charge in [0.2, 0.25) is 11.8 Å². The number of anilines is 3. The Bertz CT molecular complexity index is 1280. The van der Waals surface area contributed by atoms with Crippen LogP contribution in [-0.2, 0) is 23.9 Å². The molecule has 3 amide bonds. The van der Waals surface area contributed by atoms with Crippen molar-refractivity contribution in [2.24, 2.45) is 0 Å². The first-order chi connectivity index (χ1) is 17.7. The van der Waals surface area contributed by atoms with Crippen molar-refractivity contribution in [3.63, 3.8) is 0 Å². The fourth-order valence-corrected chi connectivity index (χ4v) is 3.43. The highest BCUT2D eigenvalue weighted by atomic mass is 35.5. The van der Waals surface area contributed by atoms with Gasteiger partial charge in [0.15, 0.2) is 6.61 Å². The number of amides is 3. The van der Waals surface area contributed by atoms with Crippen LogP contribution in [0.2, 0.25) is 10.0 Å². The Morgan fingerprint density at radius 3 is 1.89 bits per heavy atom. The maximum atomic E-state index is 12.2. The zero-order chi connectivity index (χ0) is 26.8. The van der Waals surface area contributed by atoms with E-state index in [1.807, 2.05) is 0 Å². The minimum Gasteiger partial charge on any atom is -0.456 e. The lowest BCUT2D eigenvalue weighted by molar-refractivity contribution is -0.147. The normalized spacial score (nSPS) is 10.2. The first kappa shape index (κ1) is 27.5. The lowest BCUT2D eigenvalue weighted by Gasteiger charge is -2.10. The van der Waals surface area contributed by atoms with E-state index in [1.54, 1.807) is 66.7 Å². The summed E-state index contributed by atoms with van der Waals surface area (Å²) in [6.45, 7) is 0.898. The molecule has 192 valence electrons. The van der Waals surface area contributed by atoms with E-state index in [-0.39, 0.29) is 18.7 Å². The molecule has 0 atom stereocenters. The maximum absolute atomic E-state index is 12.2. The highest BCUT2D eigenvalue weighted by Crippen LogP contribution is 2.32. The molecule has 0 aliphatic carbocycles. The number of hydrogen-bond acceptors (Lipinski definition) is 6. The summed E-state index contributed by atoms with van der Waals surface area (Å²) in [4.78, 5) is 47.1. The zero-order valence-electron chi connectivity index (χ0n) is 19.7. The van der Waals surface area contributed by atoms with E-state index in [2.05, 4.69) is 16.0 Å². The van der Waals surface area contributed by atoms with Gasteiger partial charge >= 0.3 is 5.97 Å². The van der Waals surface area contributed by atoms with Gasteiger partial charge in [-0.3, -0.25) is 19.2 Å². The lowest BCUT2D eigenvalue weighted by Crippen LogP contribution is -2.21. The molecule has 0 heterocycles. The standard InChI is InChI=1S/C26H23Cl2N3O6/c1-16(32)29-18-3-5-19(6-4-18)31-25(34)15-36-26(35)13-12-24(33)30-20-7-9-21(10-8-20)37-23-11-2-17(27)14-22(23)28/h2-11,14H,12-13,15H2,1H3,(H,29,32)(H,30,33)(H,31,34). The fourth-order valence-electron chi connectivity index (χ4n) is 2.99. The highest BCUT2D eigenvalue weighted by Gasteiger charge is 2.12. The van der Waals surface area contributed by atoms with Crippen LogP contribution in [0.1, 0.15) is 19.8 Å². The van der Waals surface area contributed by atoms with Crippen LogP contribution in [0.4, 0.5) is 17.1 Å². The van der Waals surface area contributed by atoms with E-state index < -0.39 is 24.4 Å². The van der Waals surface area contributed by atoms with Crippen LogP contribution in [0.15, 0.2) is 66.7 Å². The Morgan fingerprint density at radius 2 is 1.30 bits per heavy atom. The molecule has 0 fully saturated rings. The summed E-state index contributed by atoms with van der Waals surface area (Å²) in [5.74, 6) is -0.874. The van der Waals surface area contributed by atoms with Gasteiger partial charge in [0.05, 0.1) is 11.4 Å². The molecule has 0 aliphatic rings. The number of carbonyl (C=O) groups excluding carboxylic acids is 4.